The third kappa shape index (κ3) is 6.38. The Morgan fingerprint density at radius 1 is 1.00 bits per heavy atom. The minimum atomic E-state index is -0.980. The van der Waals surface area contributed by atoms with Gasteiger partial charge in [-0.1, -0.05) is 53.5 Å². The SMILES string of the molecule is Cl.O=C(O)c1ccc2c(c1)CCCC(c1ccc(Cl)cc1Cl)=C2c1ccc(C=C2CN(CCCF)C2)c(F)c1. The van der Waals surface area contributed by atoms with E-state index in [1.807, 2.05) is 24.3 Å². The number of hydrogen-bond donors (Lipinski definition) is 1. The fourth-order valence-corrected chi connectivity index (χ4v) is 5.86. The van der Waals surface area contributed by atoms with Gasteiger partial charge in [0, 0.05) is 35.2 Å². The van der Waals surface area contributed by atoms with Crippen molar-refractivity contribution in [3.63, 3.8) is 0 Å². The quantitative estimate of drug-likeness (QED) is 0.300. The lowest BCUT2D eigenvalue weighted by Gasteiger charge is -2.33. The molecular weight excluding hydrogens is 563 g/mol. The second-order valence-corrected chi connectivity index (χ2v) is 10.6. The van der Waals surface area contributed by atoms with Crippen LogP contribution in [0.25, 0.3) is 17.2 Å². The van der Waals surface area contributed by atoms with Gasteiger partial charge in [0.05, 0.1) is 12.2 Å². The van der Waals surface area contributed by atoms with Crippen molar-refractivity contribution >= 4 is 58.8 Å². The average molecular weight is 591 g/mol. The molecule has 1 aliphatic carbocycles. The molecule has 0 spiro atoms. The summed E-state index contributed by atoms with van der Waals surface area (Å²) < 4.78 is 27.9. The third-order valence-corrected chi connectivity index (χ3v) is 7.71. The normalized spacial score (nSPS) is 15.2. The lowest BCUT2D eigenvalue weighted by molar-refractivity contribution is 0.0696. The van der Waals surface area contributed by atoms with Gasteiger partial charge in [-0.25, -0.2) is 9.18 Å². The molecule has 0 bridgehead atoms. The van der Waals surface area contributed by atoms with Gasteiger partial charge in [0.25, 0.3) is 0 Å². The van der Waals surface area contributed by atoms with E-state index in [0.717, 1.165) is 52.9 Å². The van der Waals surface area contributed by atoms with Crippen LogP contribution >= 0.6 is 35.6 Å². The number of fused-ring (bicyclic) bond motifs is 1. The number of likely N-dealkylation sites (tertiary alicyclic amines) is 1. The summed E-state index contributed by atoms with van der Waals surface area (Å²) in [6.07, 6.45) is 4.56. The monoisotopic (exact) mass is 589 g/mol. The first-order chi connectivity index (χ1) is 18.3. The third-order valence-electron chi connectivity index (χ3n) is 7.16. The molecule has 0 atom stereocenters. The minimum absolute atomic E-state index is 0. The van der Waals surface area contributed by atoms with Gasteiger partial charge >= 0.3 is 5.97 Å². The molecule has 5 rings (SSSR count). The van der Waals surface area contributed by atoms with Gasteiger partial charge in [0.2, 0.25) is 0 Å². The van der Waals surface area contributed by atoms with Gasteiger partial charge < -0.3 is 5.11 Å². The highest BCUT2D eigenvalue weighted by Crippen LogP contribution is 2.42. The van der Waals surface area contributed by atoms with Crippen molar-refractivity contribution < 1.29 is 18.7 Å². The number of nitrogens with zero attached hydrogens (tertiary/aromatic N) is 1. The first-order valence-corrected chi connectivity index (χ1v) is 13.4. The van der Waals surface area contributed by atoms with Crippen LogP contribution in [-0.2, 0) is 6.42 Å². The van der Waals surface area contributed by atoms with Crippen molar-refractivity contribution in [3.05, 3.63) is 109 Å². The van der Waals surface area contributed by atoms with Crippen LogP contribution in [0, 0.1) is 5.82 Å². The summed E-state index contributed by atoms with van der Waals surface area (Å²) in [6.45, 7) is 1.84. The van der Waals surface area contributed by atoms with Crippen LogP contribution in [0.3, 0.4) is 0 Å². The van der Waals surface area contributed by atoms with E-state index in [4.69, 9.17) is 23.2 Å². The smallest absolute Gasteiger partial charge is 0.335 e. The molecule has 3 aromatic carbocycles. The van der Waals surface area contributed by atoms with E-state index in [1.54, 1.807) is 36.4 Å². The zero-order valence-electron chi connectivity index (χ0n) is 21.2. The van der Waals surface area contributed by atoms with Gasteiger partial charge in [-0.15, -0.1) is 12.4 Å². The Bertz CT molecular complexity index is 1460. The molecule has 2 aliphatic rings. The van der Waals surface area contributed by atoms with E-state index >= 15 is 4.39 Å². The van der Waals surface area contributed by atoms with E-state index < -0.39 is 5.97 Å². The van der Waals surface area contributed by atoms with Gasteiger partial charge in [-0.3, -0.25) is 9.29 Å². The second kappa shape index (κ2) is 12.6. The van der Waals surface area contributed by atoms with E-state index in [9.17, 15) is 14.3 Å². The number of rotatable bonds is 7. The lowest BCUT2D eigenvalue weighted by atomic mass is 9.86. The molecule has 1 fully saturated rings. The Morgan fingerprint density at radius 3 is 2.46 bits per heavy atom. The standard InChI is InChI=1S/C31H27Cl2F2NO2.ClH/c32-24-8-10-26(28(33)16-24)27-4-1-3-20-14-23(31(37)38)7-9-25(20)30(27)22-6-5-21(29(35)15-22)13-19-17-36(18-19)12-2-11-34;/h5-10,13-16H,1-4,11-12,17-18H2,(H,37,38);1H. The molecule has 0 radical (unpaired) electrons. The number of alkyl halides is 1. The first-order valence-electron chi connectivity index (χ1n) is 12.7. The van der Waals surface area contributed by atoms with Crippen LogP contribution in [0.5, 0.6) is 0 Å². The number of carboxylic acid groups (broad SMARTS) is 1. The first kappa shape index (κ1) is 29.3. The molecular formula is C31H28Cl3F2NO2. The maximum atomic E-state index is 15.5. The van der Waals surface area contributed by atoms with Gasteiger partial charge in [0.15, 0.2) is 0 Å². The van der Waals surface area contributed by atoms with E-state index in [2.05, 4.69) is 4.90 Å². The fraction of sp³-hybridized carbons (Fsp3) is 0.258. The fourth-order valence-electron chi connectivity index (χ4n) is 5.33. The van der Waals surface area contributed by atoms with Gasteiger partial charge in [-0.2, -0.15) is 0 Å². The molecule has 39 heavy (non-hydrogen) atoms. The highest BCUT2D eigenvalue weighted by atomic mass is 35.5. The molecule has 0 saturated carbocycles. The van der Waals surface area contributed by atoms with E-state index in [0.29, 0.717) is 47.0 Å². The van der Waals surface area contributed by atoms with Gasteiger partial charge in [0.1, 0.15) is 5.82 Å². The lowest BCUT2D eigenvalue weighted by Crippen LogP contribution is -2.40. The Morgan fingerprint density at radius 2 is 1.77 bits per heavy atom. The predicted octanol–water partition coefficient (Wildman–Crippen LogP) is 8.61. The number of hydrogen-bond acceptors (Lipinski definition) is 2. The highest BCUT2D eigenvalue weighted by Gasteiger charge is 2.24. The number of carboxylic acids is 1. The summed E-state index contributed by atoms with van der Waals surface area (Å²) in [5.74, 6) is -1.31. The molecule has 0 unspecified atom stereocenters. The number of benzene rings is 3. The van der Waals surface area contributed by atoms with Crippen LogP contribution in [-0.4, -0.2) is 42.3 Å². The number of carbonyl (C=O) groups is 1. The molecule has 1 saturated heterocycles. The van der Waals surface area contributed by atoms with Crippen molar-refractivity contribution in [2.24, 2.45) is 0 Å². The van der Waals surface area contributed by atoms with Crippen molar-refractivity contribution in [1.29, 1.82) is 0 Å². The molecule has 1 aliphatic heterocycles. The molecule has 204 valence electrons. The molecule has 3 nitrogen and oxygen atoms in total. The Balaban J connectivity index is 0.00000353. The summed E-state index contributed by atoms with van der Waals surface area (Å²) in [7, 11) is 0. The van der Waals surface area contributed by atoms with Crippen LogP contribution in [0.1, 0.15) is 57.4 Å². The zero-order valence-corrected chi connectivity index (χ0v) is 23.5. The molecule has 0 aromatic heterocycles. The molecule has 1 heterocycles. The van der Waals surface area contributed by atoms with Gasteiger partial charge in [-0.05, 0) is 95.0 Å². The summed E-state index contributed by atoms with van der Waals surface area (Å²) in [5, 5.41) is 10.6. The minimum Gasteiger partial charge on any atom is -0.478 e. The summed E-state index contributed by atoms with van der Waals surface area (Å²) >= 11 is 12.8. The molecule has 8 heteroatoms. The highest BCUT2D eigenvalue weighted by molar-refractivity contribution is 6.36. The Labute approximate surface area is 243 Å². The summed E-state index contributed by atoms with van der Waals surface area (Å²) in [6, 6.07) is 15.7. The second-order valence-electron chi connectivity index (χ2n) is 9.80. The topological polar surface area (TPSA) is 40.5 Å². The van der Waals surface area contributed by atoms with E-state index in [-0.39, 0.29) is 30.5 Å². The Kier molecular flexibility index (Phi) is 9.50. The van der Waals surface area contributed by atoms with Crippen molar-refractivity contribution in [2.75, 3.05) is 26.3 Å². The zero-order chi connectivity index (χ0) is 26.8. The number of aromatic carboxylic acids is 1. The molecule has 3 aromatic rings. The van der Waals surface area contributed by atoms with E-state index in [1.165, 1.54) is 0 Å². The maximum absolute atomic E-state index is 15.5. The van der Waals surface area contributed by atoms with Crippen LogP contribution in [0.4, 0.5) is 8.78 Å². The van der Waals surface area contributed by atoms with Crippen LogP contribution in [0.15, 0.2) is 60.2 Å². The molecule has 1 N–H and O–H groups in total. The van der Waals surface area contributed by atoms with Crippen LogP contribution < -0.4 is 0 Å². The number of allylic oxidation sites excluding steroid dienone is 1. The average Bonchev–Trinajstić information content (AvgIpc) is 3.05. The van der Waals surface area contributed by atoms with Crippen LogP contribution in [0.2, 0.25) is 10.0 Å². The predicted molar refractivity (Wildman–Crippen MR) is 157 cm³/mol. The molecule has 0 amide bonds. The maximum Gasteiger partial charge on any atom is 0.335 e. The number of halogens is 5. The summed E-state index contributed by atoms with van der Waals surface area (Å²) in [4.78, 5) is 13.8. The van der Waals surface area contributed by atoms with Crippen molar-refractivity contribution in [3.8, 4) is 0 Å². The summed E-state index contributed by atoms with van der Waals surface area (Å²) in [5.41, 5.74) is 6.99. The Hall–Kier alpha value is -2.70. The van der Waals surface area contributed by atoms with Crippen molar-refractivity contribution in [2.45, 2.75) is 25.7 Å². The van der Waals surface area contributed by atoms with Crippen molar-refractivity contribution in [1.82, 2.24) is 4.90 Å². The largest absolute Gasteiger partial charge is 0.478 e. The number of aryl methyl sites for hydroxylation is 1.